The van der Waals surface area contributed by atoms with Gasteiger partial charge in [0.25, 0.3) is 0 Å². The Bertz CT molecular complexity index is 708. The maximum absolute atomic E-state index is 12.0. The Labute approximate surface area is 144 Å². The van der Waals surface area contributed by atoms with E-state index in [0.29, 0.717) is 24.9 Å². The Hall–Kier alpha value is -2.29. The van der Waals surface area contributed by atoms with E-state index in [-0.39, 0.29) is 5.91 Å². The number of hydrogen-bond acceptors (Lipinski definition) is 2. The molecular formula is C21H25NO2. The average Bonchev–Trinajstić information content (AvgIpc) is 2.56. The maximum Gasteiger partial charge on any atom is 0.223 e. The van der Waals surface area contributed by atoms with Crippen LogP contribution in [0.25, 0.3) is 0 Å². The van der Waals surface area contributed by atoms with E-state index in [1.165, 1.54) is 16.7 Å². The summed E-state index contributed by atoms with van der Waals surface area (Å²) < 4.78 is 5.81. The molecule has 3 nitrogen and oxygen atoms in total. The fourth-order valence-corrected chi connectivity index (χ4v) is 3.21. The molecule has 1 aliphatic rings. The highest BCUT2D eigenvalue weighted by Crippen LogP contribution is 2.34. The van der Waals surface area contributed by atoms with E-state index in [2.05, 4.69) is 49.5 Å². The standard InChI is InChI=1S/C21H25NO2/c1-15(2)18-8-5-6-10-20(18)24-12-11-21(23)22-14-17-13-16-7-3-4-9-19(16)17/h3-10,15,17H,11-14H2,1-2H3,(H,22,23)/t17-/m0/s1. The van der Waals surface area contributed by atoms with Crippen LogP contribution in [0.1, 0.15) is 48.8 Å². The number of rotatable bonds is 7. The highest BCUT2D eigenvalue weighted by atomic mass is 16.5. The minimum absolute atomic E-state index is 0.0569. The van der Waals surface area contributed by atoms with E-state index in [9.17, 15) is 4.79 Å². The van der Waals surface area contributed by atoms with Crippen molar-refractivity contribution in [1.29, 1.82) is 0 Å². The van der Waals surface area contributed by atoms with Crippen molar-refractivity contribution in [3.8, 4) is 5.75 Å². The van der Waals surface area contributed by atoms with Crippen LogP contribution in [0.15, 0.2) is 48.5 Å². The zero-order chi connectivity index (χ0) is 16.9. The van der Waals surface area contributed by atoms with Crippen LogP contribution in [0.3, 0.4) is 0 Å². The number of amides is 1. The van der Waals surface area contributed by atoms with Gasteiger partial charge in [0.05, 0.1) is 13.0 Å². The van der Waals surface area contributed by atoms with Crippen molar-refractivity contribution in [2.75, 3.05) is 13.2 Å². The highest BCUT2D eigenvalue weighted by molar-refractivity contribution is 5.76. The van der Waals surface area contributed by atoms with Crippen LogP contribution in [0.2, 0.25) is 0 Å². The molecule has 0 saturated carbocycles. The fourth-order valence-electron chi connectivity index (χ4n) is 3.21. The lowest BCUT2D eigenvalue weighted by Crippen LogP contribution is -2.33. The molecule has 2 aromatic carbocycles. The first-order valence-corrected chi connectivity index (χ1v) is 8.71. The fraction of sp³-hybridized carbons (Fsp3) is 0.381. The SMILES string of the molecule is CC(C)c1ccccc1OCCC(=O)NC[C@@H]1Cc2ccccc21. The van der Waals surface area contributed by atoms with Crippen LogP contribution in [0, 0.1) is 0 Å². The second-order valence-electron chi connectivity index (χ2n) is 6.69. The number of benzene rings is 2. The molecule has 3 heteroatoms. The van der Waals surface area contributed by atoms with Gasteiger partial charge in [-0.2, -0.15) is 0 Å². The Morgan fingerprint density at radius 3 is 2.71 bits per heavy atom. The summed E-state index contributed by atoms with van der Waals surface area (Å²) in [5.74, 6) is 1.82. The number of para-hydroxylation sites is 1. The van der Waals surface area contributed by atoms with E-state index in [1.807, 2.05) is 18.2 Å². The lowest BCUT2D eigenvalue weighted by atomic mass is 9.77. The number of hydrogen-bond donors (Lipinski definition) is 1. The second kappa shape index (κ2) is 7.52. The molecule has 24 heavy (non-hydrogen) atoms. The van der Waals surface area contributed by atoms with Crippen molar-refractivity contribution < 1.29 is 9.53 Å². The Kier molecular flexibility index (Phi) is 5.19. The zero-order valence-corrected chi connectivity index (χ0v) is 14.4. The summed E-state index contributed by atoms with van der Waals surface area (Å²) in [4.78, 5) is 12.0. The van der Waals surface area contributed by atoms with E-state index >= 15 is 0 Å². The Morgan fingerprint density at radius 2 is 1.92 bits per heavy atom. The van der Waals surface area contributed by atoms with Crippen LogP contribution < -0.4 is 10.1 Å². The van der Waals surface area contributed by atoms with Gasteiger partial charge in [-0.1, -0.05) is 56.3 Å². The molecule has 1 atom stereocenters. The quantitative estimate of drug-likeness (QED) is 0.835. The summed E-state index contributed by atoms with van der Waals surface area (Å²) in [7, 11) is 0. The van der Waals surface area contributed by atoms with Crippen molar-refractivity contribution >= 4 is 5.91 Å². The van der Waals surface area contributed by atoms with Gasteiger partial charge in [-0.15, -0.1) is 0 Å². The maximum atomic E-state index is 12.0. The first kappa shape index (κ1) is 16.6. The first-order valence-electron chi connectivity index (χ1n) is 8.71. The van der Waals surface area contributed by atoms with Gasteiger partial charge in [0.15, 0.2) is 0 Å². The Morgan fingerprint density at radius 1 is 1.17 bits per heavy atom. The highest BCUT2D eigenvalue weighted by Gasteiger charge is 2.25. The summed E-state index contributed by atoms with van der Waals surface area (Å²) in [5.41, 5.74) is 3.97. The van der Waals surface area contributed by atoms with E-state index < -0.39 is 0 Å². The molecule has 0 heterocycles. The van der Waals surface area contributed by atoms with Gasteiger partial charge in [0.2, 0.25) is 5.91 Å². The van der Waals surface area contributed by atoms with Crippen molar-refractivity contribution in [3.05, 3.63) is 65.2 Å². The number of nitrogens with one attached hydrogen (secondary N) is 1. The largest absolute Gasteiger partial charge is 0.493 e. The molecule has 0 unspecified atom stereocenters. The molecule has 2 aromatic rings. The normalized spacial score (nSPS) is 15.5. The molecule has 1 N–H and O–H groups in total. The predicted molar refractivity (Wildman–Crippen MR) is 96.5 cm³/mol. The molecule has 0 bridgehead atoms. The predicted octanol–water partition coefficient (Wildman–Crippen LogP) is 4.04. The minimum Gasteiger partial charge on any atom is -0.493 e. The third-order valence-corrected chi connectivity index (χ3v) is 4.63. The summed E-state index contributed by atoms with van der Waals surface area (Å²) >= 11 is 0. The lowest BCUT2D eigenvalue weighted by Gasteiger charge is -2.30. The Balaban J connectivity index is 1.41. The van der Waals surface area contributed by atoms with Crippen molar-refractivity contribution in [3.63, 3.8) is 0 Å². The second-order valence-corrected chi connectivity index (χ2v) is 6.69. The number of carbonyl (C=O) groups excluding carboxylic acids is 1. The first-order chi connectivity index (χ1) is 11.6. The summed E-state index contributed by atoms with van der Waals surface area (Å²) in [6, 6.07) is 16.5. The zero-order valence-electron chi connectivity index (χ0n) is 14.4. The number of fused-ring (bicyclic) bond motifs is 1. The van der Waals surface area contributed by atoms with Gasteiger partial charge in [-0.3, -0.25) is 4.79 Å². The molecule has 1 aliphatic carbocycles. The van der Waals surface area contributed by atoms with Gasteiger partial charge in [-0.25, -0.2) is 0 Å². The van der Waals surface area contributed by atoms with Gasteiger partial charge in [0, 0.05) is 12.5 Å². The topological polar surface area (TPSA) is 38.3 Å². The molecule has 3 rings (SSSR count). The summed E-state index contributed by atoms with van der Waals surface area (Å²) in [6.07, 6.45) is 1.45. The van der Waals surface area contributed by atoms with Gasteiger partial charge in [-0.05, 0) is 35.1 Å². The van der Waals surface area contributed by atoms with Crippen LogP contribution in [-0.4, -0.2) is 19.1 Å². The molecular weight excluding hydrogens is 298 g/mol. The molecule has 0 fully saturated rings. The summed E-state index contributed by atoms with van der Waals surface area (Å²) in [6.45, 7) is 5.42. The van der Waals surface area contributed by atoms with Crippen LogP contribution >= 0.6 is 0 Å². The molecule has 0 radical (unpaired) electrons. The lowest BCUT2D eigenvalue weighted by molar-refractivity contribution is -0.121. The molecule has 126 valence electrons. The molecule has 0 aliphatic heterocycles. The monoisotopic (exact) mass is 323 g/mol. The molecule has 0 aromatic heterocycles. The number of carbonyl (C=O) groups is 1. The molecule has 0 spiro atoms. The third kappa shape index (κ3) is 3.78. The third-order valence-electron chi connectivity index (χ3n) is 4.63. The minimum atomic E-state index is 0.0569. The van der Waals surface area contributed by atoms with Crippen molar-refractivity contribution in [2.45, 2.75) is 38.5 Å². The van der Waals surface area contributed by atoms with Crippen LogP contribution in [0.4, 0.5) is 0 Å². The van der Waals surface area contributed by atoms with Crippen molar-refractivity contribution in [1.82, 2.24) is 5.32 Å². The smallest absolute Gasteiger partial charge is 0.223 e. The van der Waals surface area contributed by atoms with Crippen molar-refractivity contribution in [2.24, 2.45) is 0 Å². The summed E-state index contributed by atoms with van der Waals surface area (Å²) in [5, 5.41) is 3.03. The molecule has 0 saturated heterocycles. The molecule has 1 amide bonds. The average molecular weight is 323 g/mol. The van der Waals surface area contributed by atoms with E-state index in [1.54, 1.807) is 0 Å². The van der Waals surface area contributed by atoms with E-state index in [4.69, 9.17) is 4.74 Å². The van der Waals surface area contributed by atoms with Gasteiger partial charge in [0.1, 0.15) is 5.75 Å². The van der Waals surface area contributed by atoms with Crippen LogP contribution in [-0.2, 0) is 11.2 Å². The van der Waals surface area contributed by atoms with Gasteiger partial charge < -0.3 is 10.1 Å². The van der Waals surface area contributed by atoms with Gasteiger partial charge >= 0.3 is 0 Å². The van der Waals surface area contributed by atoms with E-state index in [0.717, 1.165) is 18.7 Å². The number of ether oxygens (including phenoxy) is 1. The van der Waals surface area contributed by atoms with Crippen LogP contribution in [0.5, 0.6) is 5.75 Å².